The molecule has 3 rings (SSSR count). The molecule has 2 aromatic heterocycles. The highest BCUT2D eigenvalue weighted by Gasteiger charge is 2.15. The Morgan fingerprint density at radius 1 is 1.25 bits per heavy atom. The van der Waals surface area contributed by atoms with Gasteiger partial charge in [0.05, 0.1) is 10.7 Å². The highest BCUT2D eigenvalue weighted by atomic mass is 32.1. The van der Waals surface area contributed by atoms with Crippen molar-refractivity contribution < 1.29 is 9.13 Å². The highest BCUT2D eigenvalue weighted by molar-refractivity contribution is 7.09. The van der Waals surface area contributed by atoms with Crippen LogP contribution in [-0.4, -0.2) is 23.3 Å². The molecule has 0 aliphatic rings. The first-order valence-electron chi connectivity index (χ1n) is 7.98. The van der Waals surface area contributed by atoms with Crippen molar-refractivity contribution in [3.05, 3.63) is 57.9 Å². The van der Waals surface area contributed by atoms with Crippen LogP contribution in [0.1, 0.15) is 22.8 Å². The van der Waals surface area contributed by atoms with Gasteiger partial charge in [-0.2, -0.15) is 0 Å². The molecular weight excluding hydrogens is 323 g/mol. The Morgan fingerprint density at radius 3 is 2.83 bits per heavy atom. The fourth-order valence-corrected chi connectivity index (χ4v) is 3.79. The van der Waals surface area contributed by atoms with E-state index >= 15 is 0 Å². The number of nitrogens with zero attached hydrogens (tertiary/aromatic N) is 2. The number of hydrogen-bond acceptors (Lipinski definition) is 3. The molecule has 24 heavy (non-hydrogen) atoms. The minimum atomic E-state index is -0.226. The lowest BCUT2D eigenvalue weighted by Gasteiger charge is -2.09. The van der Waals surface area contributed by atoms with Crippen molar-refractivity contribution in [2.75, 3.05) is 13.7 Å². The first-order valence-corrected chi connectivity index (χ1v) is 8.86. The number of ether oxygens (including phenoxy) is 1. The Labute approximate surface area is 145 Å². The minimum absolute atomic E-state index is 0.226. The third-order valence-corrected chi connectivity index (χ3v) is 4.97. The molecule has 0 saturated heterocycles. The Hall–Kier alpha value is -1.98. The zero-order chi connectivity index (χ0) is 17.1. The number of thiazole rings is 1. The minimum Gasteiger partial charge on any atom is -0.385 e. The van der Waals surface area contributed by atoms with E-state index in [1.807, 2.05) is 13.0 Å². The molecule has 0 unspecified atom stereocenters. The third-order valence-electron chi connectivity index (χ3n) is 4.06. The maximum atomic E-state index is 13.6. The number of aryl methyl sites for hydroxylation is 2. The van der Waals surface area contributed by atoms with Crippen molar-refractivity contribution in [2.45, 2.75) is 26.7 Å². The van der Waals surface area contributed by atoms with Crippen molar-refractivity contribution in [1.82, 2.24) is 9.55 Å². The summed E-state index contributed by atoms with van der Waals surface area (Å²) in [6.07, 6.45) is 1.91. The van der Waals surface area contributed by atoms with Crippen LogP contribution in [0.25, 0.3) is 16.9 Å². The van der Waals surface area contributed by atoms with E-state index in [9.17, 15) is 4.39 Å². The van der Waals surface area contributed by atoms with Gasteiger partial charge in [0.1, 0.15) is 5.82 Å². The Morgan fingerprint density at radius 2 is 2.08 bits per heavy atom. The number of halogens is 1. The Kier molecular flexibility index (Phi) is 5.11. The Bertz CT molecular complexity index is 838. The van der Waals surface area contributed by atoms with Gasteiger partial charge in [-0.3, -0.25) is 0 Å². The molecule has 0 atom stereocenters. The lowest BCUT2D eigenvalue weighted by molar-refractivity contribution is 0.195. The number of aromatic nitrogens is 2. The number of hydrogen-bond donors (Lipinski definition) is 0. The van der Waals surface area contributed by atoms with E-state index in [1.165, 1.54) is 6.07 Å². The van der Waals surface area contributed by atoms with Crippen LogP contribution >= 0.6 is 11.3 Å². The quantitative estimate of drug-likeness (QED) is 0.593. The topological polar surface area (TPSA) is 27.1 Å². The van der Waals surface area contributed by atoms with Gasteiger partial charge >= 0.3 is 0 Å². The summed E-state index contributed by atoms with van der Waals surface area (Å²) in [5.74, 6) is -0.226. The second-order valence-electron chi connectivity index (χ2n) is 5.82. The van der Waals surface area contributed by atoms with Gasteiger partial charge in [-0.05, 0) is 44.5 Å². The fraction of sp³-hybridized carbons (Fsp3) is 0.316. The van der Waals surface area contributed by atoms with Crippen LogP contribution < -0.4 is 0 Å². The molecule has 3 nitrogen and oxygen atoms in total. The summed E-state index contributed by atoms with van der Waals surface area (Å²) < 4.78 is 20.7. The summed E-state index contributed by atoms with van der Waals surface area (Å²) in [6, 6.07) is 8.80. The van der Waals surface area contributed by atoms with Crippen LogP contribution in [0, 0.1) is 19.7 Å². The summed E-state index contributed by atoms with van der Waals surface area (Å²) in [7, 11) is 1.72. The standard InChI is InChI=1S/C19H21FN2OS/c1-13-10-17(18-12-24-19(21-18)8-5-9-23-3)14(2)22(13)16-7-4-6-15(20)11-16/h4,6-7,10-12H,5,8-9H2,1-3H3. The zero-order valence-electron chi connectivity index (χ0n) is 14.2. The van der Waals surface area contributed by atoms with E-state index in [0.717, 1.165) is 52.8 Å². The lowest BCUT2D eigenvalue weighted by atomic mass is 10.2. The predicted molar refractivity (Wildman–Crippen MR) is 96.5 cm³/mol. The number of rotatable bonds is 6. The predicted octanol–water partition coefficient (Wildman–Crippen LogP) is 4.94. The maximum Gasteiger partial charge on any atom is 0.125 e. The summed E-state index contributed by atoms with van der Waals surface area (Å²) in [6.45, 7) is 4.84. The number of benzene rings is 1. The molecule has 0 radical (unpaired) electrons. The van der Waals surface area contributed by atoms with Crippen LogP contribution in [0.5, 0.6) is 0 Å². The van der Waals surface area contributed by atoms with E-state index in [4.69, 9.17) is 9.72 Å². The van der Waals surface area contributed by atoms with Gasteiger partial charge in [0.15, 0.2) is 0 Å². The molecule has 5 heteroatoms. The van der Waals surface area contributed by atoms with Gasteiger partial charge in [0, 0.05) is 48.2 Å². The second-order valence-corrected chi connectivity index (χ2v) is 6.77. The van der Waals surface area contributed by atoms with Crippen LogP contribution in [0.2, 0.25) is 0 Å². The fourth-order valence-electron chi connectivity index (χ4n) is 2.95. The van der Waals surface area contributed by atoms with E-state index < -0.39 is 0 Å². The van der Waals surface area contributed by atoms with Gasteiger partial charge in [0.2, 0.25) is 0 Å². The molecule has 0 fully saturated rings. The largest absolute Gasteiger partial charge is 0.385 e. The van der Waals surface area contributed by atoms with Gasteiger partial charge in [0.25, 0.3) is 0 Å². The molecule has 2 heterocycles. The lowest BCUT2D eigenvalue weighted by Crippen LogP contribution is -1.99. The average molecular weight is 344 g/mol. The smallest absolute Gasteiger partial charge is 0.125 e. The van der Waals surface area contributed by atoms with Crippen molar-refractivity contribution in [3.63, 3.8) is 0 Å². The highest BCUT2D eigenvalue weighted by Crippen LogP contribution is 2.30. The van der Waals surface area contributed by atoms with E-state index in [1.54, 1.807) is 30.6 Å². The molecule has 0 spiro atoms. The zero-order valence-corrected chi connectivity index (χ0v) is 15.0. The molecule has 0 aliphatic heterocycles. The van der Waals surface area contributed by atoms with E-state index in [-0.39, 0.29) is 5.82 Å². The van der Waals surface area contributed by atoms with Crippen molar-refractivity contribution in [3.8, 4) is 16.9 Å². The molecule has 0 amide bonds. The molecule has 3 aromatic rings. The summed E-state index contributed by atoms with van der Waals surface area (Å²) in [5.41, 5.74) is 5.08. The van der Waals surface area contributed by atoms with Gasteiger partial charge in [-0.25, -0.2) is 9.37 Å². The molecule has 126 valence electrons. The summed E-state index contributed by atoms with van der Waals surface area (Å²) >= 11 is 1.68. The monoisotopic (exact) mass is 344 g/mol. The van der Waals surface area contributed by atoms with Crippen LogP contribution in [-0.2, 0) is 11.2 Å². The first kappa shape index (κ1) is 16.9. The van der Waals surface area contributed by atoms with E-state index in [0.29, 0.717) is 0 Å². The van der Waals surface area contributed by atoms with Gasteiger partial charge in [-0.1, -0.05) is 6.07 Å². The van der Waals surface area contributed by atoms with E-state index in [2.05, 4.69) is 22.9 Å². The van der Waals surface area contributed by atoms with Gasteiger partial charge in [-0.15, -0.1) is 11.3 Å². The van der Waals surface area contributed by atoms with Crippen molar-refractivity contribution in [2.24, 2.45) is 0 Å². The molecule has 1 aromatic carbocycles. The summed E-state index contributed by atoms with van der Waals surface area (Å²) in [5, 5.41) is 3.22. The first-order chi connectivity index (χ1) is 11.6. The van der Waals surface area contributed by atoms with Crippen molar-refractivity contribution >= 4 is 11.3 Å². The molecule has 0 bridgehead atoms. The maximum absolute atomic E-state index is 13.6. The normalized spacial score (nSPS) is 11.2. The van der Waals surface area contributed by atoms with Crippen LogP contribution in [0.4, 0.5) is 4.39 Å². The van der Waals surface area contributed by atoms with Crippen LogP contribution in [0.3, 0.4) is 0 Å². The SMILES string of the molecule is COCCCc1nc(-c2cc(C)n(-c3cccc(F)c3)c2C)cs1. The molecular formula is C19H21FN2OS. The van der Waals surface area contributed by atoms with Crippen molar-refractivity contribution in [1.29, 1.82) is 0 Å². The molecule has 0 N–H and O–H groups in total. The van der Waals surface area contributed by atoms with Gasteiger partial charge < -0.3 is 9.30 Å². The Balaban J connectivity index is 1.92. The average Bonchev–Trinajstić information content (AvgIpc) is 3.12. The second kappa shape index (κ2) is 7.28. The molecule has 0 aliphatic carbocycles. The summed E-state index contributed by atoms with van der Waals surface area (Å²) in [4.78, 5) is 4.75. The molecule has 0 saturated carbocycles. The third kappa shape index (κ3) is 3.42. The number of methoxy groups -OCH3 is 1. The van der Waals surface area contributed by atoms with Crippen LogP contribution in [0.15, 0.2) is 35.7 Å².